The van der Waals surface area contributed by atoms with Gasteiger partial charge in [0.05, 0.1) is 13.7 Å². The molecule has 1 aromatic rings. The van der Waals surface area contributed by atoms with E-state index in [1.807, 2.05) is 19.1 Å². The normalized spacial score (nSPS) is 10.8. The summed E-state index contributed by atoms with van der Waals surface area (Å²) in [6.45, 7) is 7.56. The van der Waals surface area contributed by atoms with Gasteiger partial charge in [-0.25, -0.2) is 4.99 Å². The predicted octanol–water partition coefficient (Wildman–Crippen LogP) is 1.40. The maximum Gasteiger partial charge on any atom is 0.259 e. The minimum Gasteiger partial charge on any atom is -0.493 e. The summed E-state index contributed by atoms with van der Waals surface area (Å²) in [5, 5.41) is 6.31. The van der Waals surface area contributed by atoms with Crippen LogP contribution in [0.15, 0.2) is 35.8 Å². The average molecular weight is 348 g/mol. The molecule has 0 fully saturated rings. The summed E-state index contributed by atoms with van der Waals surface area (Å²) in [4.78, 5) is 17.6. The first kappa shape index (κ1) is 20.3. The van der Waals surface area contributed by atoms with E-state index in [1.165, 1.54) is 4.90 Å². The van der Waals surface area contributed by atoms with Crippen molar-refractivity contribution in [2.45, 2.75) is 13.5 Å². The molecule has 0 atom stereocenters. The number of likely N-dealkylation sites (N-methyl/N-ethyl adjacent to an activating group) is 1. The lowest BCUT2D eigenvalue weighted by molar-refractivity contribution is -0.130. The van der Waals surface area contributed by atoms with Crippen LogP contribution in [0.1, 0.15) is 12.5 Å². The number of benzene rings is 1. The Hall–Kier alpha value is -2.70. The molecule has 2 N–H and O–H groups in total. The maximum absolute atomic E-state index is 11.6. The molecule has 0 saturated carbocycles. The summed E-state index contributed by atoms with van der Waals surface area (Å²) in [5.74, 6) is 1.71. The third-order valence-electron chi connectivity index (χ3n) is 3.26. The molecule has 0 spiro atoms. The number of aliphatic imine (C=N–C) groups is 1. The smallest absolute Gasteiger partial charge is 0.259 e. The fourth-order valence-corrected chi connectivity index (χ4v) is 1.88. The van der Waals surface area contributed by atoms with Crippen LogP contribution >= 0.6 is 0 Å². The van der Waals surface area contributed by atoms with E-state index in [1.54, 1.807) is 33.3 Å². The highest BCUT2D eigenvalue weighted by Gasteiger charge is 2.10. The summed E-state index contributed by atoms with van der Waals surface area (Å²) in [7, 11) is 4.94. The van der Waals surface area contributed by atoms with Crippen molar-refractivity contribution in [2.24, 2.45) is 4.99 Å². The summed E-state index contributed by atoms with van der Waals surface area (Å²) in [6, 6.07) is 5.55. The number of amides is 1. The number of rotatable bonds is 9. The molecular formula is C18H28N4O3. The van der Waals surface area contributed by atoms with Crippen molar-refractivity contribution in [3.8, 4) is 11.5 Å². The molecule has 0 unspecified atom stereocenters. The zero-order valence-electron chi connectivity index (χ0n) is 15.5. The highest BCUT2D eigenvalue weighted by Crippen LogP contribution is 2.28. The Morgan fingerprint density at radius 2 is 2.08 bits per heavy atom. The fourth-order valence-electron chi connectivity index (χ4n) is 1.88. The number of nitrogens with zero attached hydrogens (tertiary/aromatic N) is 2. The van der Waals surface area contributed by atoms with E-state index in [4.69, 9.17) is 9.47 Å². The van der Waals surface area contributed by atoms with Crippen LogP contribution < -0.4 is 20.1 Å². The first-order valence-corrected chi connectivity index (χ1v) is 8.14. The second kappa shape index (κ2) is 11.0. The van der Waals surface area contributed by atoms with Crippen molar-refractivity contribution in [3.63, 3.8) is 0 Å². The van der Waals surface area contributed by atoms with E-state index in [-0.39, 0.29) is 12.5 Å². The van der Waals surface area contributed by atoms with Crippen LogP contribution in [0.3, 0.4) is 0 Å². The molecule has 0 saturated heterocycles. The minimum absolute atomic E-state index is 0.0309. The third-order valence-corrected chi connectivity index (χ3v) is 3.26. The predicted molar refractivity (Wildman–Crippen MR) is 100 cm³/mol. The molecule has 0 aliphatic carbocycles. The Bertz CT molecular complexity index is 600. The van der Waals surface area contributed by atoms with E-state index in [2.05, 4.69) is 22.2 Å². The summed E-state index contributed by atoms with van der Waals surface area (Å²) >= 11 is 0. The van der Waals surface area contributed by atoms with Gasteiger partial charge in [-0.2, -0.15) is 0 Å². The molecule has 7 heteroatoms. The number of hydrogen-bond donors (Lipinski definition) is 2. The van der Waals surface area contributed by atoms with Gasteiger partial charge in [-0.15, -0.1) is 6.58 Å². The van der Waals surface area contributed by atoms with E-state index in [9.17, 15) is 4.79 Å². The van der Waals surface area contributed by atoms with Crippen LogP contribution in [0.2, 0.25) is 0 Å². The van der Waals surface area contributed by atoms with Gasteiger partial charge in [0.1, 0.15) is 0 Å². The van der Waals surface area contributed by atoms with Gasteiger partial charge in [-0.05, 0) is 24.6 Å². The molecule has 0 aliphatic rings. The fraction of sp³-hybridized carbons (Fsp3) is 0.444. The second-order valence-electron chi connectivity index (χ2n) is 5.43. The Morgan fingerprint density at radius 3 is 2.68 bits per heavy atom. The molecule has 0 radical (unpaired) electrons. The maximum atomic E-state index is 11.6. The molecule has 1 aromatic carbocycles. The monoisotopic (exact) mass is 348 g/mol. The van der Waals surface area contributed by atoms with Crippen LogP contribution in [-0.2, 0) is 11.3 Å². The quantitative estimate of drug-likeness (QED) is 0.401. The van der Waals surface area contributed by atoms with Gasteiger partial charge in [0.25, 0.3) is 5.91 Å². The molecule has 1 amide bonds. The zero-order chi connectivity index (χ0) is 18.7. The number of nitrogens with one attached hydrogen (secondary N) is 2. The first-order valence-electron chi connectivity index (χ1n) is 8.14. The van der Waals surface area contributed by atoms with Crippen molar-refractivity contribution in [3.05, 3.63) is 36.4 Å². The van der Waals surface area contributed by atoms with Gasteiger partial charge in [-0.3, -0.25) is 4.79 Å². The first-order chi connectivity index (χ1) is 12.0. The van der Waals surface area contributed by atoms with Crippen LogP contribution in [0.25, 0.3) is 0 Å². The lowest BCUT2D eigenvalue weighted by Crippen LogP contribution is -2.37. The van der Waals surface area contributed by atoms with Crippen LogP contribution in [0.4, 0.5) is 0 Å². The SMILES string of the molecule is C=CCNC(=NCc1ccc(OCC(=O)N(C)C)c(OC)c1)NCC. The number of carbonyl (C=O) groups is 1. The molecule has 138 valence electrons. The topological polar surface area (TPSA) is 75.2 Å². The molecule has 0 bridgehead atoms. The summed E-state index contributed by atoms with van der Waals surface area (Å²) in [5.41, 5.74) is 0.971. The lowest BCUT2D eigenvalue weighted by atomic mass is 10.2. The molecular weight excluding hydrogens is 320 g/mol. The third kappa shape index (κ3) is 7.15. The zero-order valence-corrected chi connectivity index (χ0v) is 15.5. The molecule has 7 nitrogen and oxygen atoms in total. The van der Waals surface area contributed by atoms with Crippen LogP contribution in [0, 0.1) is 0 Å². The van der Waals surface area contributed by atoms with E-state index in [0.29, 0.717) is 24.6 Å². The van der Waals surface area contributed by atoms with Gasteiger partial charge < -0.3 is 25.0 Å². The largest absolute Gasteiger partial charge is 0.493 e. The van der Waals surface area contributed by atoms with E-state index in [0.717, 1.165) is 18.1 Å². The Morgan fingerprint density at radius 1 is 1.32 bits per heavy atom. The molecule has 25 heavy (non-hydrogen) atoms. The standard InChI is InChI=1S/C18H28N4O3/c1-6-10-20-18(19-7-2)21-12-14-8-9-15(16(11-14)24-5)25-13-17(23)22(3)4/h6,8-9,11H,1,7,10,12-13H2,2-5H3,(H2,19,20,21). The van der Waals surface area contributed by atoms with E-state index >= 15 is 0 Å². The molecule has 0 aromatic heterocycles. The molecule has 0 heterocycles. The number of carbonyl (C=O) groups excluding carboxylic acids is 1. The summed E-state index contributed by atoms with van der Waals surface area (Å²) < 4.78 is 10.9. The number of ether oxygens (including phenoxy) is 2. The number of guanidine groups is 1. The van der Waals surface area contributed by atoms with Gasteiger partial charge >= 0.3 is 0 Å². The van der Waals surface area contributed by atoms with Gasteiger partial charge in [-0.1, -0.05) is 12.1 Å². The Kier molecular flexibility index (Phi) is 8.92. The van der Waals surface area contributed by atoms with Crippen LogP contribution in [0.5, 0.6) is 11.5 Å². The highest BCUT2D eigenvalue weighted by molar-refractivity contribution is 5.79. The van der Waals surface area contributed by atoms with Gasteiger partial charge in [0.2, 0.25) is 0 Å². The summed E-state index contributed by atoms with van der Waals surface area (Å²) in [6.07, 6.45) is 1.77. The molecule has 0 aliphatic heterocycles. The average Bonchev–Trinajstić information content (AvgIpc) is 2.62. The number of methoxy groups -OCH3 is 1. The van der Waals surface area contributed by atoms with Crippen LogP contribution in [-0.4, -0.2) is 57.7 Å². The van der Waals surface area contributed by atoms with E-state index < -0.39 is 0 Å². The van der Waals surface area contributed by atoms with Crippen molar-refractivity contribution in [1.82, 2.24) is 15.5 Å². The minimum atomic E-state index is -0.112. The second-order valence-corrected chi connectivity index (χ2v) is 5.43. The van der Waals surface area contributed by atoms with Crippen molar-refractivity contribution in [1.29, 1.82) is 0 Å². The van der Waals surface area contributed by atoms with Gasteiger partial charge in [0.15, 0.2) is 24.1 Å². The highest BCUT2D eigenvalue weighted by atomic mass is 16.5. The lowest BCUT2D eigenvalue weighted by Gasteiger charge is -2.14. The molecule has 1 rings (SSSR count). The Labute approximate surface area is 149 Å². The van der Waals surface area contributed by atoms with Gasteiger partial charge in [0, 0.05) is 27.2 Å². The van der Waals surface area contributed by atoms with Crippen molar-refractivity contribution < 1.29 is 14.3 Å². The number of hydrogen-bond acceptors (Lipinski definition) is 4. The Balaban J connectivity index is 2.78. The van der Waals surface area contributed by atoms with Crippen molar-refractivity contribution >= 4 is 11.9 Å². The van der Waals surface area contributed by atoms with Crippen molar-refractivity contribution in [2.75, 3.05) is 40.9 Å².